The first-order valence-corrected chi connectivity index (χ1v) is 11.9. The highest BCUT2D eigenvalue weighted by Gasteiger charge is 2.20. The van der Waals surface area contributed by atoms with Crippen LogP contribution in [0.1, 0.15) is 20.5 Å². The van der Waals surface area contributed by atoms with Crippen molar-refractivity contribution in [1.82, 2.24) is 4.90 Å². The van der Waals surface area contributed by atoms with Crippen LogP contribution in [0.15, 0.2) is 53.4 Å². The van der Waals surface area contributed by atoms with E-state index >= 15 is 0 Å². The summed E-state index contributed by atoms with van der Waals surface area (Å²) in [6.07, 6.45) is 1.97. The Bertz CT molecular complexity index is 805. The number of thioether (sulfide) groups is 3. The zero-order valence-corrected chi connectivity index (χ0v) is 17.8. The Hall–Kier alpha value is -1.57. The largest absolute Gasteiger partial charge is 0.332 e. The number of nitrogens with zero attached hydrogens (tertiary/aromatic N) is 1. The fourth-order valence-electron chi connectivity index (χ4n) is 2.78. The molecule has 27 heavy (non-hydrogen) atoms. The monoisotopic (exact) mass is 418 g/mol. The maximum absolute atomic E-state index is 12.6. The van der Waals surface area contributed by atoms with Gasteiger partial charge in [-0.15, -0.1) is 35.3 Å². The SMILES string of the molecule is CSc1ccccc1NC(=O)CN(C)C(=O)c1ccc(C2SCCS2)cc1. The summed E-state index contributed by atoms with van der Waals surface area (Å²) in [6, 6.07) is 15.4. The molecule has 3 rings (SSSR count). The molecule has 0 atom stereocenters. The van der Waals surface area contributed by atoms with Crippen LogP contribution >= 0.6 is 35.3 Å². The van der Waals surface area contributed by atoms with E-state index in [2.05, 4.69) is 5.32 Å². The Morgan fingerprint density at radius 2 is 1.78 bits per heavy atom. The lowest BCUT2D eigenvalue weighted by Crippen LogP contribution is -2.35. The van der Waals surface area contributed by atoms with Gasteiger partial charge in [0.15, 0.2) is 0 Å². The summed E-state index contributed by atoms with van der Waals surface area (Å²) in [6.45, 7) is 0.0115. The van der Waals surface area contributed by atoms with E-state index in [1.54, 1.807) is 18.8 Å². The van der Waals surface area contributed by atoms with Gasteiger partial charge in [-0.3, -0.25) is 9.59 Å². The van der Waals surface area contributed by atoms with Gasteiger partial charge in [0, 0.05) is 29.0 Å². The van der Waals surface area contributed by atoms with Crippen molar-refractivity contribution >= 4 is 52.8 Å². The van der Waals surface area contributed by atoms with Gasteiger partial charge in [-0.05, 0) is 36.1 Å². The molecule has 2 aromatic carbocycles. The summed E-state index contributed by atoms with van der Waals surface area (Å²) in [5.74, 6) is 1.99. The highest BCUT2D eigenvalue weighted by atomic mass is 32.2. The van der Waals surface area contributed by atoms with Gasteiger partial charge in [-0.2, -0.15) is 0 Å². The van der Waals surface area contributed by atoms with Gasteiger partial charge in [0.2, 0.25) is 5.91 Å². The third-order valence-electron chi connectivity index (χ3n) is 4.16. The van der Waals surface area contributed by atoms with Gasteiger partial charge in [0.25, 0.3) is 5.91 Å². The average Bonchev–Trinajstić information content (AvgIpc) is 3.22. The Morgan fingerprint density at radius 3 is 2.44 bits per heavy atom. The van der Waals surface area contributed by atoms with Crippen LogP contribution in [0.5, 0.6) is 0 Å². The van der Waals surface area contributed by atoms with Gasteiger partial charge in [-0.1, -0.05) is 24.3 Å². The fourth-order valence-corrected chi connectivity index (χ4v) is 6.19. The lowest BCUT2D eigenvalue weighted by Gasteiger charge is -2.18. The standard InChI is InChI=1S/C20H22N2O2S3/c1-22(13-18(23)21-16-5-3-4-6-17(16)25-2)19(24)14-7-9-15(10-8-14)20-26-11-12-27-20/h3-10,20H,11-13H2,1-2H3,(H,21,23). The highest BCUT2D eigenvalue weighted by molar-refractivity contribution is 8.19. The number of benzene rings is 2. The van der Waals surface area contributed by atoms with Crippen LogP contribution in [-0.4, -0.2) is 48.1 Å². The van der Waals surface area contributed by atoms with Gasteiger partial charge >= 0.3 is 0 Å². The molecule has 1 saturated heterocycles. The topological polar surface area (TPSA) is 49.4 Å². The summed E-state index contributed by atoms with van der Waals surface area (Å²) in [5, 5.41) is 2.89. The Balaban J connectivity index is 1.59. The molecule has 2 aromatic rings. The molecule has 2 amide bonds. The predicted molar refractivity (Wildman–Crippen MR) is 118 cm³/mol. The summed E-state index contributed by atoms with van der Waals surface area (Å²) in [5.41, 5.74) is 2.62. The summed E-state index contributed by atoms with van der Waals surface area (Å²) < 4.78 is 0.467. The average molecular weight is 419 g/mol. The number of para-hydroxylation sites is 1. The van der Waals surface area contributed by atoms with E-state index in [4.69, 9.17) is 0 Å². The zero-order chi connectivity index (χ0) is 19.2. The molecule has 1 aliphatic heterocycles. The molecule has 1 N–H and O–H groups in total. The van der Waals surface area contributed by atoms with E-state index in [-0.39, 0.29) is 18.4 Å². The number of hydrogen-bond acceptors (Lipinski definition) is 5. The Kier molecular flexibility index (Phi) is 7.15. The second kappa shape index (κ2) is 9.57. The molecule has 1 heterocycles. The van der Waals surface area contributed by atoms with Gasteiger partial charge in [0.05, 0.1) is 16.8 Å². The van der Waals surface area contributed by atoms with E-state index in [9.17, 15) is 9.59 Å². The van der Waals surface area contributed by atoms with Crippen LogP contribution < -0.4 is 5.32 Å². The first kappa shape index (κ1) is 20.2. The lowest BCUT2D eigenvalue weighted by molar-refractivity contribution is -0.116. The molecule has 1 fully saturated rings. The molecular weight excluding hydrogens is 396 g/mol. The van der Waals surface area contributed by atoms with Crippen molar-refractivity contribution in [3.8, 4) is 0 Å². The van der Waals surface area contributed by atoms with E-state index in [1.807, 2.05) is 78.3 Å². The number of hydrogen-bond donors (Lipinski definition) is 1. The third kappa shape index (κ3) is 5.24. The Morgan fingerprint density at radius 1 is 1.11 bits per heavy atom. The van der Waals surface area contributed by atoms with Crippen LogP contribution in [-0.2, 0) is 4.79 Å². The maximum atomic E-state index is 12.6. The van der Waals surface area contributed by atoms with E-state index in [0.29, 0.717) is 10.1 Å². The summed E-state index contributed by atoms with van der Waals surface area (Å²) in [7, 11) is 1.65. The molecular formula is C20H22N2O2S3. The molecule has 0 spiro atoms. The van der Waals surface area contributed by atoms with Crippen LogP contribution in [0.2, 0.25) is 0 Å². The number of carbonyl (C=O) groups is 2. The summed E-state index contributed by atoms with van der Waals surface area (Å²) >= 11 is 5.45. The van der Waals surface area contributed by atoms with Crippen LogP contribution in [0.4, 0.5) is 5.69 Å². The number of nitrogens with one attached hydrogen (secondary N) is 1. The molecule has 0 bridgehead atoms. The predicted octanol–water partition coefficient (Wildman–Crippen LogP) is 4.60. The molecule has 4 nitrogen and oxygen atoms in total. The summed E-state index contributed by atoms with van der Waals surface area (Å²) in [4.78, 5) is 27.4. The number of amides is 2. The van der Waals surface area contributed by atoms with Gasteiger partial charge < -0.3 is 10.2 Å². The first-order chi connectivity index (χ1) is 13.1. The van der Waals surface area contributed by atoms with Crippen LogP contribution in [0.3, 0.4) is 0 Å². The highest BCUT2D eigenvalue weighted by Crippen LogP contribution is 2.45. The quantitative estimate of drug-likeness (QED) is 0.695. The second-order valence-electron chi connectivity index (χ2n) is 6.11. The zero-order valence-electron chi connectivity index (χ0n) is 15.3. The van der Waals surface area contributed by atoms with E-state index in [1.165, 1.54) is 22.0 Å². The van der Waals surface area contributed by atoms with Crippen molar-refractivity contribution in [3.05, 3.63) is 59.7 Å². The number of carbonyl (C=O) groups excluding carboxylic acids is 2. The van der Waals surface area contributed by atoms with Crippen molar-refractivity contribution in [2.75, 3.05) is 36.7 Å². The number of rotatable bonds is 6. The smallest absolute Gasteiger partial charge is 0.254 e. The molecule has 0 aliphatic carbocycles. The van der Waals surface area contributed by atoms with Crippen LogP contribution in [0, 0.1) is 0 Å². The minimum absolute atomic E-state index is 0.0115. The van der Waals surface area contributed by atoms with E-state index in [0.717, 1.165) is 10.6 Å². The van der Waals surface area contributed by atoms with Crippen molar-refractivity contribution in [2.45, 2.75) is 9.48 Å². The lowest BCUT2D eigenvalue weighted by atomic mass is 10.1. The minimum atomic E-state index is -0.206. The van der Waals surface area contributed by atoms with Gasteiger partial charge in [-0.25, -0.2) is 0 Å². The number of likely N-dealkylation sites (N-methyl/N-ethyl adjacent to an activating group) is 1. The second-order valence-corrected chi connectivity index (χ2v) is 9.68. The van der Waals surface area contributed by atoms with Gasteiger partial charge in [0.1, 0.15) is 0 Å². The van der Waals surface area contributed by atoms with Crippen molar-refractivity contribution in [1.29, 1.82) is 0 Å². The molecule has 1 aliphatic rings. The third-order valence-corrected chi connectivity index (χ3v) is 8.06. The maximum Gasteiger partial charge on any atom is 0.254 e. The molecule has 0 unspecified atom stereocenters. The fraction of sp³-hybridized carbons (Fsp3) is 0.300. The molecule has 0 saturated carbocycles. The minimum Gasteiger partial charge on any atom is -0.332 e. The number of anilines is 1. The van der Waals surface area contributed by atoms with Crippen molar-refractivity contribution in [3.63, 3.8) is 0 Å². The Labute approximate surface area is 172 Å². The molecule has 0 aromatic heterocycles. The first-order valence-electron chi connectivity index (χ1n) is 8.60. The van der Waals surface area contributed by atoms with Crippen molar-refractivity contribution < 1.29 is 9.59 Å². The molecule has 0 radical (unpaired) electrons. The van der Waals surface area contributed by atoms with Crippen LogP contribution in [0.25, 0.3) is 0 Å². The van der Waals surface area contributed by atoms with E-state index < -0.39 is 0 Å². The molecule has 142 valence electrons. The molecule has 7 heteroatoms. The normalized spacial score (nSPS) is 14.1. The van der Waals surface area contributed by atoms with Crippen molar-refractivity contribution in [2.24, 2.45) is 0 Å².